The summed E-state index contributed by atoms with van der Waals surface area (Å²) in [7, 11) is 3.70. The summed E-state index contributed by atoms with van der Waals surface area (Å²) < 4.78 is 5.89. The van der Waals surface area contributed by atoms with Crippen LogP contribution in [0.4, 0.5) is 5.13 Å². The summed E-state index contributed by atoms with van der Waals surface area (Å²) >= 11 is 1.44. The molecule has 3 heterocycles. The summed E-state index contributed by atoms with van der Waals surface area (Å²) in [6, 6.07) is 0.262. The molecular weight excluding hydrogens is 300 g/mol. The van der Waals surface area contributed by atoms with Gasteiger partial charge in [0, 0.05) is 51.0 Å². The second kappa shape index (κ2) is 6.04. The normalized spacial score (nSPS) is 16.0. The van der Waals surface area contributed by atoms with Crippen molar-refractivity contribution in [3.63, 3.8) is 0 Å². The topological polar surface area (TPSA) is 67.2 Å². The van der Waals surface area contributed by atoms with Crippen molar-refractivity contribution in [1.82, 2.24) is 24.0 Å². The molecule has 1 aliphatic heterocycles. The maximum atomic E-state index is 12.5. The first kappa shape index (κ1) is 15.0. The Bertz CT molecular complexity index is 658. The fraction of sp³-hybridized carbons (Fsp3) is 0.571. The maximum Gasteiger partial charge on any atom is 0.257 e. The molecule has 1 aliphatic rings. The number of hydrogen-bond donors (Lipinski definition) is 0. The first-order valence-corrected chi connectivity index (χ1v) is 8.13. The number of aromatic nitrogens is 4. The summed E-state index contributed by atoms with van der Waals surface area (Å²) in [5.74, 6) is 0.865. The van der Waals surface area contributed by atoms with E-state index < -0.39 is 0 Å². The highest BCUT2D eigenvalue weighted by molar-refractivity contribution is 7.09. The molecule has 0 aromatic carbocycles. The number of rotatable bonds is 3. The third-order valence-corrected chi connectivity index (χ3v) is 4.94. The molecular formula is C14H20N6OS. The molecule has 2 aromatic heterocycles. The first-order chi connectivity index (χ1) is 10.5. The standard InChI is InChI=1S/C14H20N6OS/c1-10-16-14(22-17-10)20-6-4-12(5-7-20)19(3)13(21)11-8-15-18(2)9-11/h8-9,12H,4-7H2,1-3H3. The fourth-order valence-electron chi connectivity index (χ4n) is 2.76. The summed E-state index contributed by atoms with van der Waals surface area (Å²) in [5, 5.41) is 5.05. The number of nitrogens with zero attached hydrogens (tertiary/aromatic N) is 6. The maximum absolute atomic E-state index is 12.5. The van der Waals surface area contributed by atoms with Gasteiger partial charge in [0.25, 0.3) is 5.91 Å². The number of amides is 1. The van der Waals surface area contributed by atoms with E-state index in [1.807, 2.05) is 25.9 Å². The molecule has 1 fully saturated rings. The zero-order valence-corrected chi connectivity index (χ0v) is 13.9. The molecule has 8 heteroatoms. The molecule has 2 aromatic rings. The predicted octanol–water partition coefficient (Wildman–Crippen LogP) is 1.32. The van der Waals surface area contributed by atoms with Gasteiger partial charge in [0.1, 0.15) is 5.82 Å². The van der Waals surface area contributed by atoms with Crippen molar-refractivity contribution in [2.24, 2.45) is 7.05 Å². The van der Waals surface area contributed by atoms with Gasteiger partial charge in [0.15, 0.2) is 0 Å². The third kappa shape index (κ3) is 2.96. The molecule has 7 nitrogen and oxygen atoms in total. The number of carbonyl (C=O) groups excluding carboxylic acids is 1. The molecule has 1 saturated heterocycles. The van der Waals surface area contributed by atoms with Crippen LogP contribution in [0.5, 0.6) is 0 Å². The molecule has 0 radical (unpaired) electrons. The summed E-state index contributed by atoms with van der Waals surface area (Å²) in [6.07, 6.45) is 5.28. The molecule has 0 saturated carbocycles. The van der Waals surface area contributed by atoms with Crippen LogP contribution in [0.25, 0.3) is 0 Å². The average molecular weight is 320 g/mol. The highest BCUT2D eigenvalue weighted by Crippen LogP contribution is 2.24. The predicted molar refractivity (Wildman–Crippen MR) is 85.2 cm³/mol. The van der Waals surface area contributed by atoms with Gasteiger partial charge in [-0.05, 0) is 19.8 Å². The van der Waals surface area contributed by atoms with E-state index in [1.54, 1.807) is 17.1 Å². The van der Waals surface area contributed by atoms with Crippen molar-refractivity contribution in [2.75, 3.05) is 25.0 Å². The van der Waals surface area contributed by atoms with Gasteiger partial charge in [-0.3, -0.25) is 9.48 Å². The second-order valence-corrected chi connectivity index (χ2v) is 6.39. The van der Waals surface area contributed by atoms with Crippen LogP contribution in [0.3, 0.4) is 0 Å². The van der Waals surface area contributed by atoms with E-state index in [0.717, 1.165) is 36.9 Å². The van der Waals surface area contributed by atoms with E-state index >= 15 is 0 Å². The highest BCUT2D eigenvalue weighted by atomic mass is 32.1. The van der Waals surface area contributed by atoms with Crippen LogP contribution in [-0.4, -0.2) is 56.1 Å². The van der Waals surface area contributed by atoms with Gasteiger partial charge in [0.2, 0.25) is 5.13 Å². The molecule has 0 bridgehead atoms. The molecule has 118 valence electrons. The van der Waals surface area contributed by atoms with Crippen LogP contribution in [0, 0.1) is 6.92 Å². The minimum absolute atomic E-state index is 0.0401. The largest absolute Gasteiger partial charge is 0.347 e. The van der Waals surface area contributed by atoms with Crippen molar-refractivity contribution >= 4 is 22.6 Å². The van der Waals surface area contributed by atoms with Gasteiger partial charge < -0.3 is 9.80 Å². The van der Waals surface area contributed by atoms with Crippen LogP contribution in [0.1, 0.15) is 29.0 Å². The summed E-state index contributed by atoms with van der Waals surface area (Å²) in [6.45, 7) is 3.72. The number of hydrogen-bond acceptors (Lipinski definition) is 6. The van der Waals surface area contributed by atoms with Crippen molar-refractivity contribution in [3.8, 4) is 0 Å². The van der Waals surface area contributed by atoms with Crippen LogP contribution < -0.4 is 4.90 Å². The minimum atomic E-state index is 0.0401. The second-order valence-electron chi connectivity index (χ2n) is 5.66. The van der Waals surface area contributed by atoms with E-state index in [1.165, 1.54) is 11.5 Å². The van der Waals surface area contributed by atoms with Gasteiger partial charge in [-0.25, -0.2) is 4.98 Å². The number of piperidine rings is 1. The number of carbonyl (C=O) groups is 1. The van der Waals surface area contributed by atoms with Crippen LogP contribution >= 0.6 is 11.5 Å². The van der Waals surface area contributed by atoms with Crippen LogP contribution in [0.2, 0.25) is 0 Å². The highest BCUT2D eigenvalue weighted by Gasteiger charge is 2.27. The van der Waals surface area contributed by atoms with Crippen molar-refractivity contribution in [1.29, 1.82) is 0 Å². The Hall–Kier alpha value is -1.96. The van der Waals surface area contributed by atoms with E-state index in [9.17, 15) is 4.79 Å². The lowest BCUT2D eigenvalue weighted by Crippen LogP contribution is -2.45. The zero-order valence-electron chi connectivity index (χ0n) is 13.1. The zero-order chi connectivity index (χ0) is 15.7. The average Bonchev–Trinajstić information content (AvgIpc) is 3.14. The number of aryl methyl sites for hydroxylation is 2. The summed E-state index contributed by atoms with van der Waals surface area (Å²) in [4.78, 5) is 21.0. The van der Waals surface area contributed by atoms with Crippen molar-refractivity contribution < 1.29 is 4.79 Å². The lowest BCUT2D eigenvalue weighted by molar-refractivity contribution is 0.0709. The minimum Gasteiger partial charge on any atom is -0.347 e. The smallest absolute Gasteiger partial charge is 0.257 e. The molecule has 0 N–H and O–H groups in total. The Labute approximate surface area is 133 Å². The molecule has 0 aliphatic carbocycles. The van der Waals surface area contributed by atoms with Gasteiger partial charge in [-0.2, -0.15) is 9.47 Å². The van der Waals surface area contributed by atoms with E-state index in [-0.39, 0.29) is 11.9 Å². The van der Waals surface area contributed by atoms with E-state index in [2.05, 4.69) is 19.4 Å². The molecule has 0 unspecified atom stereocenters. The van der Waals surface area contributed by atoms with E-state index in [0.29, 0.717) is 5.56 Å². The lowest BCUT2D eigenvalue weighted by atomic mass is 10.0. The Morgan fingerprint density at radius 3 is 2.68 bits per heavy atom. The fourth-order valence-corrected chi connectivity index (χ4v) is 3.49. The Kier molecular flexibility index (Phi) is 4.10. The molecule has 22 heavy (non-hydrogen) atoms. The molecule has 1 amide bonds. The van der Waals surface area contributed by atoms with Crippen molar-refractivity contribution in [2.45, 2.75) is 25.8 Å². The summed E-state index contributed by atoms with van der Waals surface area (Å²) in [5.41, 5.74) is 0.646. The van der Waals surface area contributed by atoms with Crippen LogP contribution in [-0.2, 0) is 7.05 Å². The first-order valence-electron chi connectivity index (χ1n) is 7.35. The van der Waals surface area contributed by atoms with Crippen molar-refractivity contribution in [3.05, 3.63) is 23.8 Å². The quantitative estimate of drug-likeness (QED) is 0.853. The molecule has 0 atom stereocenters. The Balaban J connectivity index is 1.60. The van der Waals surface area contributed by atoms with Gasteiger partial charge in [0.05, 0.1) is 11.8 Å². The van der Waals surface area contributed by atoms with Gasteiger partial charge in [-0.1, -0.05) is 0 Å². The SMILES string of the molecule is Cc1nsc(N2CCC(N(C)C(=O)c3cnn(C)c3)CC2)n1. The number of anilines is 1. The monoisotopic (exact) mass is 320 g/mol. The Morgan fingerprint density at radius 1 is 1.41 bits per heavy atom. The van der Waals surface area contributed by atoms with Gasteiger partial charge >= 0.3 is 0 Å². The van der Waals surface area contributed by atoms with Crippen LogP contribution in [0.15, 0.2) is 12.4 Å². The molecule has 3 rings (SSSR count). The van der Waals surface area contributed by atoms with E-state index in [4.69, 9.17) is 0 Å². The molecule has 0 spiro atoms. The Morgan fingerprint density at radius 2 is 2.14 bits per heavy atom. The van der Waals surface area contributed by atoms with Gasteiger partial charge in [-0.15, -0.1) is 0 Å². The third-order valence-electron chi connectivity index (χ3n) is 4.07. The lowest BCUT2D eigenvalue weighted by Gasteiger charge is -2.36.